The highest BCUT2D eigenvalue weighted by Crippen LogP contribution is 2.38. The Morgan fingerprint density at radius 2 is 1.58 bits per heavy atom. The van der Waals surface area contributed by atoms with Gasteiger partial charge < -0.3 is 0 Å². The van der Waals surface area contributed by atoms with E-state index in [1.807, 2.05) is 30.3 Å². The summed E-state index contributed by atoms with van der Waals surface area (Å²) in [5, 5.41) is 4.19. The summed E-state index contributed by atoms with van der Waals surface area (Å²) in [4.78, 5) is 0. The van der Waals surface area contributed by atoms with Crippen LogP contribution in [-0.4, -0.2) is 9.78 Å². The normalized spacial score (nSPS) is 11.8. The third-order valence-corrected chi connectivity index (χ3v) is 4.66. The molecule has 0 aliphatic heterocycles. The van der Waals surface area contributed by atoms with E-state index in [9.17, 15) is 13.2 Å². The molecule has 24 heavy (non-hydrogen) atoms. The zero-order valence-corrected chi connectivity index (χ0v) is 15.5. The summed E-state index contributed by atoms with van der Waals surface area (Å²) in [5.74, 6) is 0. The fourth-order valence-electron chi connectivity index (χ4n) is 2.21. The van der Waals surface area contributed by atoms with Gasteiger partial charge in [0.25, 0.3) is 0 Å². The maximum absolute atomic E-state index is 12.8. The number of rotatable bonds is 2. The van der Waals surface area contributed by atoms with Gasteiger partial charge >= 0.3 is 6.18 Å². The Morgan fingerprint density at radius 3 is 2.12 bits per heavy atom. The van der Waals surface area contributed by atoms with Gasteiger partial charge in [0, 0.05) is 11.8 Å². The van der Waals surface area contributed by atoms with Crippen molar-refractivity contribution in [1.29, 1.82) is 0 Å². The number of halogens is 6. The van der Waals surface area contributed by atoms with Crippen LogP contribution < -0.4 is 0 Å². The van der Waals surface area contributed by atoms with Gasteiger partial charge in [-0.2, -0.15) is 18.3 Å². The molecule has 2 nitrogen and oxygen atoms in total. The van der Waals surface area contributed by atoms with Gasteiger partial charge in [0.15, 0.2) is 0 Å². The number of alkyl halides is 3. The smallest absolute Gasteiger partial charge is 0.236 e. The lowest BCUT2D eigenvalue weighted by Crippen LogP contribution is -2.07. The highest BCUT2D eigenvalue weighted by Gasteiger charge is 2.32. The minimum absolute atomic E-state index is 0.117. The second-order valence-electron chi connectivity index (χ2n) is 4.92. The lowest BCUT2D eigenvalue weighted by atomic mass is 10.2. The Labute approximate surface area is 159 Å². The van der Waals surface area contributed by atoms with Crippen LogP contribution in [0.1, 0.15) is 5.56 Å². The molecule has 0 amide bonds. The molecule has 1 heterocycles. The number of nitrogens with zero attached hydrogens (tertiary/aromatic N) is 2. The van der Waals surface area contributed by atoms with E-state index in [4.69, 9.17) is 23.2 Å². The zero-order valence-electron chi connectivity index (χ0n) is 11.8. The van der Waals surface area contributed by atoms with Crippen LogP contribution >= 0.6 is 45.8 Å². The zero-order chi connectivity index (χ0) is 17.5. The number of hydrogen-bond acceptors (Lipinski definition) is 1. The fraction of sp³-hybridized carbons (Fsp3) is 0.0625. The van der Waals surface area contributed by atoms with Crippen molar-refractivity contribution in [3.8, 4) is 16.9 Å². The lowest BCUT2D eigenvalue weighted by molar-refractivity contribution is -0.137. The van der Waals surface area contributed by atoms with Crippen LogP contribution in [0, 0.1) is 3.57 Å². The molecule has 0 fully saturated rings. The Balaban J connectivity index is 2.11. The van der Waals surface area contributed by atoms with Crippen LogP contribution in [0.5, 0.6) is 0 Å². The Kier molecular flexibility index (Phi) is 4.81. The maximum atomic E-state index is 12.8. The minimum atomic E-state index is -4.51. The third-order valence-electron chi connectivity index (χ3n) is 3.29. The van der Waals surface area contributed by atoms with Gasteiger partial charge in [-0.05, 0) is 34.7 Å². The van der Waals surface area contributed by atoms with E-state index in [0.29, 0.717) is 5.69 Å². The van der Waals surface area contributed by atoms with Gasteiger partial charge in [0.05, 0.1) is 19.2 Å². The van der Waals surface area contributed by atoms with Crippen molar-refractivity contribution >= 4 is 45.8 Å². The molecule has 0 radical (unpaired) electrons. The maximum Gasteiger partial charge on any atom is 0.416 e. The molecule has 3 rings (SSSR count). The summed E-state index contributed by atoms with van der Waals surface area (Å²) < 4.78 is 40.7. The Bertz CT molecular complexity index is 869. The monoisotopic (exact) mass is 482 g/mol. The Morgan fingerprint density at radius 1 is 1.00 bits per heavy atom. The molecule has 0 N–H and O–H groups in total. The first-order valence-electron chi connectivity index (χ1n) is 6.64. The van der Waals surface area contributed by atoms with Crippen molar-refractivity contribution in [2.75, 3.05) is 0 Å². The van der Waals surface area contributed by atoms with Crippen LogP contribution in [0.25, 0.3) is 16.9 Å². The van der Waals surface area contributed by atoms with Crippen molar-refractivity contribution in [3.05, 3.63) is 67.8 Å². The van der Waals surface area contributed by atoms with Gasteiger partial charge in [0.1, 0.15) is 11.4 Å². The van der Waals surface area contributed by atoms with Gasteiger partial charge in [-0.1, -0.05) is 53.5 Å². The van der Waals surface area contributed by atoms with Crippen LogP contribution in [0.3, 0.4) is 0 Å². The van der Waals surface area contributed by atoms with Gasteiger partial charge in [0.2, 0.25) is 0 Å². The van der Waals surface area contributed by atoms with Crippen molar-refractivity contribution in [3.63, 3.8) is 0 Å². The molecular formula is C16H8Cl2F3IN2. The summed E-state index contributed by atoms with van der Waals surface area (Å²) in [6.45, 7) is 0. The average Bonchev–Trinajstić information content (AvgIpc) is 2.88. The van der Waals surface area contributed by atoms with E-state index in [0.717, 1.165) is 21.3 Å². The second kappa shape index (κ2) is 6.57. The molecule has 3 aromatic rings. The van der Waals surface area contributed by atoms with E-state index in [-0.39, 0.29) is 15.7 Å². The highest BCUT2D eigenvalue weighted by molar-refractivity contribution is 14.1. The first kappa shape index (κ1) is 17.6. The number of hydrogen-bond donors (Lipinski definition) is 0. The molecule has 0 saturated carbocycles. The second-order valence-corrected chi connectivity index (χ2v) is 6.90. The molecular weight excluding hydrogens is 475 g/mol. The van der Waals surface area contributed by atoms with Crippen LogP contribution in [0.15, 0.2) is 48.7 Å². The largest absolute Gasteiger partial charge is 0.416 e. The molecule has 0 spiro atoms. The van der Waals surface area contributed by atoms with Crippen molar-refractivity contribution in [2.24, 2.45) is 0 Å². The first-order valence-corrected chi connectivity index (χ1v) is 8.48. The van der Waals surface area contributed by atoms with Crippen LogP contribution in [0.4, 0.5) is 13.2 Å². The molecule has 8 heteroatoms. The molecule has 1 aromatic heterocycles. The van der Waals surface area contributed by atoms with Gasteiger partial charge in [-0.15, -0.1) is 0 Å². The van der Waals surface area contributed by atoms with E-state index < -0.39 is 11.7 Å². The van der Waals surface area contributed by atoms with E-state index in [1.165, 1.54) is 4.68 Å². The van der Waals surface area contributed by atoms with Crippen molar-refractivity contribution < 1.29 is 13.2 Å². The summed E-state index contributed by atoms with van der Waals surface area (Å²) in [6.07, 6.45) is -2.84. The first-order chi connectivity index (χ1) is 11.3. The predicted octanol–water partition coefficient (Wildman–Crippen LogP) is 6.47. The van der Waals surface area contributed by atoms with E-state index in [1.54, 1.807) is 6.20 Å². The molecule has 0 aliphatic rings. The SMILES string of the molecule is FC(F)(F)c1cc(Cl)c(-n2cc(I)c(-c3ccccc3)n2)c(Cl)c1. The lowest BCUT2D eigenvalue weighted by Gasteiger charge is -2.12. The molecule has 2 aromatic carbocycles. The predicted molar refractivity (Wildman–Crippen MR) is 96.7 cm³/mol. The number of benzene rings is 2. The van der Waals surface area contributed by atoms with Gasteiger partial charge in [-0.3, -0.25) is 0 Å². The standard InChI is InChI=1S/C16H8Cl2F3IN2/c17-11-6-10(16(19,20)21)7-12(18)15(11)24-8-13(22)14(23-24)9-4-2-1-3-5-9/h1-8H. The summed E-state index contributed by atoms with van der Waals surface area (Å²) in [6, 6.07) is 11.1. The quantitative estimate of drug-likeness (QED) is 0.383. The fourth-order valence-corrected chi connectivity index (χ4v) is 3.55. The summed E-state index contributed by atoms with van der Waals surface area (Å²) in [5.41, 5.74) is 0.904. The molecule has 0 bridgehead atoms. The molecule has 0 unspecified atom stereocenters. The third kappa shape index (κ3) is 3.41. The van der Waals surface area contributed by atoms with Gasteiger partial charge in [-0.25, -0.2) is 4.68 Å². The minimum Gasteiger partial charge on any atom is -0.236 e. The molecule has 124 valence electrons. The van der Waals surface area contributed by atoms with Crippen molar-refractivity contribution in [2.45, 2.75) is 6.18 Å². The topological polar surface area (TPSA) is 17.8 Å². The molecule has 0 saturated heterocycles. The summed E-state index contributed by atoms with van der Waals surface area (Å²) in [7, 11) is 0. The van der Waals surface area contributed by atoms with Crippen molar-refractivity contribution in [1.82, 2.24) is 9.78 Å². The van der Waals surface area contributed by atoms with E-state index >= 15 is 0 Å². The Hall–Kier alpha value is -1.25. The van der Waals surface area contributed by atoms with Crippen LogP contribution in [-0.2, 0) is 6.18 Å². The average molecular weight is 483 g/mol. The van der Waals surface area contributed by atoms with E-state index in [2.05, 4.69) is 27.7 Å². The van der Waals surface area contributed by atoms with Crippen LogP contribution in [0.2, 0.25) is 10.0 Å². The number of aromatic nitrogens is 2. The summed E-state index contributed by atoms with van der Waals surface area (Å²) >= 11 is 14.2. The molecule has 0 aliphatic carbocycles. The highest BCUT2D eigenvalue weighted by atomic mass is 127. The molecule has 0 atom stereocenters.